The van der Waals surface area contributed by atoms with Crippen molar-refractivity contribution in [3.8, 4) is 17.1 Å². The zero-order chi connectivity index (χ0) is 21.3. The molecule has 30 heavy (non-hydrogen) atoms. The van der Waals surface area contributed by atoms with E-state index in [0.717, 1.165) is 0 Å². The maximum atomic E-state index is 14.0. The van der Waals surface area contributed by atoms with Gasteiger partial charge in [-0.1, -0.05) is 17.3 Å². The Morgan fingerprint density at radius 3 is 2.57 bits per heavy atom. The lowest BCUT2D eigenvalue weighted by Gasteiger charge is -2.16. The predicted molar refractivity (Wildman–Crippen MR) is 109 cm³/mol. The second kappa shape index (κ2) is 7.62. The number of ether oxygens (including phenoxy) is 1. The van der Waals surface area contributed by atoms with Crippen molar-refractivity contribution in [2.24, 2.45) is 0 Å². The molecule has 0 saturated heterocycles. The Labute approximate surface area is 172 Å². The van der Waals surface area contributed by atoms with E-state index in [-0.39, 0.29) is 23.1 Å². The molecule has 1 aliphatic rings. The zero-order valence-electron chi connectivity index (χ0n) is 16.5. The molecular weight excluding hydrogens is 389 g/mol. The minimum absolute atomic E-state index is 0.223. The third kappa shape index (κ3) is 3.63. The number of hydrogen-bond acceptors (Lipinski definition) is 5. The van der Waals surface area contributed by atoms with Gasteiger partial charge in [0.05, 0.1) is 29.5 Å². The van der Waals surface area contributed by atoms with Crippen LogP contribution in [-0.4, -0.2) is 24.1 Å². The van der Waals surface area contributed by atoms with Gasteiger partial charge in [0.25, 0.3) is 0 Å². The zero-order valence-corrected chi connectivity index (χ0v) is 16.5. The van der Waals surface area contributed by atoms with Crippen molar-refractivity contribution in [3.05, 3.63) is 60.0 Å². The summed E-state index contributed by atoms with van der Waals surface area (Å²) in [5.74, 6) is -0.185. The highest BCUT2D eigenvalue weighted by Crippen LogP contribution is 2.49. The summed E-state index contributed by atoms with van der Waals surface area (Å²) < 4.78 is 24.7. The van der Waals surface area contributed by atoms with E-state index in [1.807, 2.05) is 0 Å². The molecule has 0 radical (unpaired) electrons. The largest absolute Gasteiger partial charge is 0.495 e. The third-order valence-corrected chi connectivity index (χ3v) is 5.09. The highest BCUT2D eigenvalue weighted by Gasteiger charge is 2.54. The molecule has 1 fully saturated rings. The smallest absolute Gasteiger partial charge is 0.236 e. The fourth-order valence-electron chi connectivity index (χ4n) is 3.34. The van der Waals surface area contributed by atoms with Crippen LogP contribution in [0.4, 0.5) is 15.8 Å². The van der Waals surface area contributed by atoms with Gasteiger partial charge in [-0.2, -0.15) is 0 Å². The normalized spacial score (nSPS) is 14.1. The van der Waals surface area contributed by atoms with Crippen molar-refractivity contribution in [3.63, 3.8) is 0 Å². The summed E-state index contributed by atoms with van der Waals surface area (Å²) in [7, 11) is 1.49. The molecule has 4 rings (SSSR count). The Bertz CT molecular complexity index is 1120. The van der Waals surface area contributed by atoms with Crippen LogP contribution >= 0.6 is 0 Å². The van der Waals surface area contributed by atoms with E-state index in [1.165, 1.54) is 20.1 Å². The van der Waals surface area contributed by atoms with E-state index in [1.54, 1.807) is 42.5 Å². The molecule has 0 bridgehead atoms. The van der Waals surface area contributed by atoms with Gasteiger partial charge in [-0.3, -0.25) is 9.59 Å². The SMILES string of the molecule is COc1ccc(NC(C)=O)cc1NC(=O)C1(c2cc(-c3ccccc3F)on2)CC1. The molecule has 7 nitrogen and oxygen atoms in total. The standard InChI is InChI=1S/C22H20FN3O4/c1-13(27)24-14-7-8-18(29-2)17(11-14)25-21(28)22(9-10-22)20-12-19(30-26-20)15-5-3-4-6-16(15)23/h3-8,11-12H,9-10H2,1-2H3,(H,24,27)(H,25,28). The lowest BCUT2D eigenvalue weighted by molar-refractivity contribution is -0.118. The number of amides is 2. The number of nitrogens with one attached hydrogen (secondary N) is 2. The van der Waals surface area contributed by atoms with Crippen LogP contribution in [-0.2, 0) is 15.0 Å². The van der Waals surface area contributed by atoms with Gasteiger partial charge in [-0.15, -0.1) is 0 Å². The number of nitrogens with zero attached hydrogens (tertiary/aromatic N) is 1. The van der Waals surface area contributed by atoms with Crippen molar-refractivity contribution in [2.75, 3.05) is 17.7 Å². The van der Waals surface area contributed by atoms with Crippen molar-refractivity contribution in [1.29, 1.82) is 0 Å². The number of methoxy groups -OCH3 is 1. The number of benzene rings is 2. The second-order valence-corrected chi connectivity index (χ2v) is 7.19. The van der Waals surface area contributed by atoms with Gasteiger partial charge >= 0.3 is 0 Å². The van der Waals surface area contributed by atoms with Crippen LogP contribution in [0, 0.1) is 5.82 Å². The number of anilines is 2. The first-order chi connectivity index (χ1) is 14.4. The molecule has 2 N–H and O–H groups in total. The maximum Gasteiger partial charge on any atom is 0.236 e. The van der Waals surface area contributed by atoms with Crippen molar-refractivity contribution < 1.29 is 23.2 Å². The number of rotatable bonds is 6. The number of aromatic nitrogens is 1. The molecule has 1 saturated carbocycles. The van der Waals surface area contributed by atoms with E-state index in [9.17, 15) is 14.0 Å². The molecule has 0 aliphatic heterocycles. The number of hydrogen-bond donors (Lipinski definition) is 2. The Kier molecular flexibility index (Phi) is 4.99. The number of carbonyl (C=O) groups is 2. The Hall–Kier alpha value is -3.68. The Morgan fingerprint density at radius 1 is 1.13 bits per heavy atom. The van der Waals surface area contributed by atoms with E-state index in [2.05, 4.69) is 15.8 Å². The van der Waals surface area contributed by atoms with Gasteiger partial charge < -0.3 is 19.9 Å². The lowest BCUT2D eigenvalue weighted by Crippen LogP contribution is -2.28. The van der Waals surface area contributed by atoms with E-state index in [4.69, 9.17) is 9.26 Å². The van der Waals surface area contributed by atoms with Crippen LogP contribution in [0.1, 0.15) is 25.5 Å². The predicted octanol–water partition coefficient (Wildman–Crippen LogP) is 4.12. The number of carbonyl (C=O) groups excluding carboxylic acids is 2. The first kappa shape index (κ1) is 19.6. The summed E-state index contributed by atoms with van der Waals surface area (Å²) in [6.07, 6.45) is 1.19. The summed E-state index contributed by atoms with van der Waals surface area (Å²) in [4.78, 5) is 24.4. The van der Waals surface area contributed by atoms with Crippen LogP contribution in [0.15, 0.2) is 53.1 Å². The quantitative estimate of drug-likeness (QED) is 0.639. The van der Waals surface area contributed by atoms with Gasteiger partial charge in [0.1, 0.15) is 11.6 Å². The summed E-state index contributed by atoms with van der Waals surface area (Å²) in [5, 5.41) is 9.58. The van der Waals surface area contributed by atoms with Crippen LogP contribution < -0.4 is 15.4 Å². The minimum atomic E-state index is -0.845. The third-order valence-electron chi connectivity index (χ3n) is 5.09. The van der Waals surface area contributed by atoms with Gasteiger partial charge in [0, 0.05) is 18.7 Å². The Balaban J connectivity index is 1.59. The van der Waals surface area contributed by atoms with E-state index in [0.29, 0.717) is 35.7 Å². The molecule has 2 aromatic carbocycles. The first-order valence-corrected chi connectivity index (χ1v) is 9.42. The van der Waals surface area contributed by atoms with Gasteiger partial charge in [-0.25, -0.2) is 4.39 Å². The van der Waals surface area contributed by atoms with E-state index >= 15 is 0 Å². The van der Waals surface area contributed by atoms with Crippen LogP contribution in [0.2, 0.25) is 0 Å². The Morgan fingerprint density at radius 2 is 1.90 bits per heavy atom. The summed E-state index contributed by atoms with van der Waals surface area (Å²) in [6.45, 7) is 1.40. The first-order valence-electron chi connectivity index (χ1n) is 9.42. The topological polar surface area (TPSA) is 93.5 Å². The molecule has 1 heterocycles. The molecule has 0 atom stereocenters. The lowest BCUT2D eigenvalue weighted by atomic mass is 10.00. The average Bonchev–Trinajstić information content (AvgIpc) is 3.39. The average molecular weight is 409 g/mol. The van der Waals surface area contributed by atoms with Crippen LogP contribution in [0.25, 0.3) is 11.3 Å². The molecular formula is C22H20FN3O4. The molecule has 1 aromatic heterocycles. The van der Waals surface area contributed by atoms with Crippen molar-refractivity contribution in [2.45, 2.75) is 25.2 Å². The van der Waals surface area contributed by atoms with Crippen LogP contribution in [0.3, 0.4) is 0 Å². The molecule has 3 aromatic rings. The second-order valence-electron chi connectivity index (χ2n) is 7.19. The highest BCUT2D eigenvalue weighted by molar-refractivity contribution is 6.02. The highest BCUT2D eigenvalue weighted by atomic mass is 19.1. The van der Waals surface area contributed by atoms with Gasteiger partial charge in [0.2, 0.25) is 11.8 Å². The fraction of sp³-hybridized carbons (Fsp3) is 0.227. The van der Waals surface area contributed by atoms with Gasteiger partial charge in [-0.05, 0) is 43.2 Å². The fourth-order valence-corrected chi connectivity index (χ4v) is 3.34. The van der Waals surface area contributed by atoms with Crippen molar-refractivity contribution >= 4 is 23.2 Å². The minimum Gasteiger partial charge on any atom is -0.495 e. The molecule has 8 heteroatoms. The van der Waals surface area contributed by atoms with Crippen LogP contribution in [0.5, 0.6) is 5.75 Å². The van der Waals surface area contributed by atoms with Gasteiger partial charge in [0.15, 0.2) is 5.76 Å². The molecule has 0 spiro atoms. The summed E-state index contributed by atoms with van der Waals surface area (Å²) in [5.41, 5.74) is 0.860. The van der Waals surface area contributed by atoms with E-state index < -0.39 is 11.2 Å². The number of halogens is 1. The van der Waals surface area contributed by atoms with Crippen molar-refractivity contribution in [1.82, 2.24) is 5.16 Å². The molecule has 2 amide bonds. The molecule has 1 aliphatic carbocycles. The molecule has 154 valence electrons. The monoisotopic (exact) mass is 409 g/mol. The maximum absolute atomic E-state index is 14.0. The summed E-state index contributed by atoms with van der Waals surface area (Å²) >= 11 is 0. The molecule has 0 unspecified atom stereocenters. The summed E-state index contributed by atoms with van der Waals surface area (Å²) in [6, 6.07) is 12.8.